The molecule has 10 nitrogen and oxygen atoms in total. The first kappa shape index (κ1) is 20.7. The summed E-state index contributed by atoms with van der Waals surface area (Å²) in [6, 6.07) is 5.73. The van der Waals surface area contributed by atoms with Crippen molar-refractivity contribution in [3.8, 4) is 0 Å². The number of pyridine rings is 1. The highest BCUT2D eigenvalue weighted by Crippen LogP contribution is 2.55. The fourth-order valence-corrected chi connectivity index (χ4v) is 5.37. The van der Waals surface area contributed by atoms with Crippen LogP contribution >= 0.6 is 0 Å². The van der Waals surface area contributed by atoms with Gasteiger partial charge in [0.2, 0.25) is 11.6 Å². The number of amides is 1. The van der Waals surface area contributed by atoms with Crippen LogP contribution in [0.4, 0.5) is 4.79 Å². The van der Waals surface area contributed by atoms with Crippen molar-refractivity contribution < 1.29 is 23.9 Å². The average Bonchev–Trinajstić information content (AvgIpc) is 3.40. The summed E-state index contributed by atoms with van der Waals surface area (Å²) in [6.07, 6.45) is 1.37. The third-order valence-corrected chi connectivity index (χ3v) is 6.84. The summed E-state index contributed by atoms with van der Waals surface area (Å²) in [7, 11) is 1.55. The third kappa shape index (κ3) is 2.86. The lowest BCUT2D eigenvalue weighted by atomic mass is 9.82. The number of rotatable bonds is 7. The van der Waals surface area contributed by atoms with Crippen molar-refractivity contribution in [3.63, 3.8) is 0 Å². The number of nitrogens with one attached hydrogen (secondary N) is 2. The number of hydrogen-bond donors (Lipinski definition) is 3. The molecule has 4 atom stereocenters. The second kappa shape index (κ2) is 7.42. The highest BCUT2D eigenvalue weighted by atomic mass is 16.6. The SMILES string of the molecule is CO[C@@]12[C@@H]3N[C@@H]3CN1C1=C(C(=O)C(NCCc3ccccn3)=C(C)C1=O)[C@@H]2COC(N)=O. The minimum Gasteiger partial charge on any atom is -0.449 e. The molecule has 0 saturated carbocycles. The molecule has 0 aromatic carbocycles. The van der Waals surface area contributed by atoms with Crippen LogP contribution in [0.5, 0.6) is 0 Å². The van der Waals surface area contributed by atoms with Gasteiger partial charge in [-0.3, -0.25) is 14.6 Å². The molecule has 0 unspecified atom stereocenters. The first-order valence-corrected chi connectivity index (χ1v) is 10.6. The van der Waals surface area contributed by atoms with Gasteiger partial charge in [-0.25, -0.2) is 4.79 Å². The van der Waals surface area contributed by atoms with E-state index in [1.54, 1.807) is 20.2 Å². The van der Waals surface area contributed by atoms with Gasteiger partial charge in [0, 0.05) is 55.7 Å². The maximum absolute atomic E-state index is 13.6. The topological polar surface area (TPSA) is 146 Å². The minimum atomic E-state index is -0.972. The number of methoxy groups -OCH3 is 1. The van der Waals surface area contributed by atoms with Gasteiger partial charge in [0.1, 0.15) is 6.61 Å². The number of ether oxygens (including phenoxy) is 2. The quantitative estimate of drug-likeness (QED) is 0.382. The van der Waals surface area contributed by atoms with Gasteiger partial charge < -0.3 is 30.7 Å². The van der Waals surface area contributed by atoms with Gasteiger partial charge in [-0.15, -0.1) is 0 Å². The molecule has 4 heterocycles. The zero-order chi connectivity index (χ0) is 22.6. The third-order valence-electron chi connectivity index (χ3n) is 6.84. The molecule has 168 valence electrons. The first-order chi connectivity index (χ1) is 15.4. The Kier molecular flexibility index (Phi) is 4.79. The molecule has 4 aliphatic rings. The van der Waals surface area contributed by atoms with Crippen LogP contribution in [0, 0.1) is 5.92 Å². The van der Waals surface area contributed by atoms with Gasteiger partial charge in [-0.05, 0) is 19.1 Å². The number of primary amides is 1. The van der Waals surface area contributed by atoms with E-state index in [0.717, 1.165) is 5.69 Å². The lowest BCUT2D eigenvalue weighted by Gasteiger charge is -2.39. The molecular formula is C22H25N5O5. The van der Waals surface area contributed by atoms with E-state index in [4.69, 9.17) is 15.2 Å². The van der Waals surface area contributed by atoms with Crippen molar-refractivity contribution >= 4 is 17.7 Å². The molecule has 32 heavy (non-hydrogen) atoms. The van der Waals surface area contributed by atoms with E-state index < -0.39 is 17.7 Å². The van der Waals surface area contributed by atoms with E-state index in [1.807, 2.05) is 23.1 Å². The van der Waals surface area contributed by atoms with Crippen molar-refractivity contribution in [2.45, 2.75) is 31.2 Å². The van der Waals surface area contributed by atoms with Crippen molar-refractivity contribution in [2.75, 3.05) is 26.8 Å². The highest BCUT2D eigenvalue weighted by molar-refractivity contribution is 6.25. The number of nitrogens with zero attached hydrogens (tertiary/aromatic N) is 2. The smallest absolute Gasteiger partial charge is 0.404 e. The number of aromatic nitrogens is 1. The Morgan fingerprint density at radius 3 is 2.88 bits per heavy atom. The first-order valence-electron chi connectivity index (χ1n) is 10.6. The average molecular weight is 439 g/mol. The Labute approximate surface area is 184 Å². The Bertz CT molecular complexity index is 1070. The summed E-state index contributed by atoms with van der Waals surface area (Å²) in [6.45, 7) is 2.49. The van der Waals surface area contributed by atoms with Gasteiger partial charge in [0.05, 0.1) is 23.4 Å². The van der Waals surface area contributed by atoms with E-state index in [1.165, 1.54) is 0 Å². The van der Waals surface area contributed by atoms with Gasteiger partial charge in [0.15, 0.2) is 5.72 Å². The molecule has 1 amide bonds. The molecular weight excluding hydrogens is 414 g/mol. The predicted octanol–water partition coefficient (Wildman–Crippen LogP) is -0.383. The minimum absolute atomic E-state index is 0.0685. The van der Waals surface area contributed by atoms with Crippen molar-refractivity contribution in [2.24, 2.45) is 11.7 Å². The fraction of sp³-hybridized carbons (Fsp3) is 0.455. The van der Waals surface area contributed by atoms with Crippen LogP contribution in [-0.2, 0) is 25.5 Å². The lowest BCUT2D eigenvalue weighted by Crippen LogP contribution is -2.55. The maximum atomic E-state index is 13.6. The van der Waals surface area contributed by atoms with Crippen molar-refractivity contribution in [3.05, 3.63) is 52.6 Å². The number of ketones is 2. The molecule has 2 saturated heterocycles. The zero-order valence-corrected chi connectivity index (χ0v) is 17.9. The van der Waals surface area contributed by atoms with Crippen LogP contribution in [0.15, 0.2) is 46.9 Å². The van der Waals surface area contributed by atoms with E-state index in [2.05, 4.69) is 15.6 Å². The summed E-state index contributed by atoms with van der Waals surface area (Å²) in [4.78, 5) is 44.6. The number of Topliss-reactive ketones (excluding diaryl/α,β-unsaturated/α-hetero) is 2. The molecule has 0 radical (unpaired) electrons. The standard InChI is InChI=1S/C22H25N5O5/c1-11-16(25-8-6-12-5-3-4-7-24-12)19(29)15-13(10-32-21(23)30)22(31-2)20-14(26-20)9-27(22)17(15)18(11)28/h3-5,7,13-14,20,25-26H,6,8-10H2,1-2H3,(H2,23,30)/t13-,14+,20+,22-/m0/s1. The van der Waals surface area contributed by atoms with Gasteiger partial charge in [-0.1, -0.05) is 6.07 Å². The molecule has 0 spiro atoms. The van der Waals surface area contributed by atoms with Crippen LogP contribution in [0.2, 0.25) is 0 Å². The number of carbonyl (C=O) groups excluding carboxylic acids is 3. The van der Waals surface area contributed by atoms with E-state index >= 15 is 0 Å². The Balaban J connectivity index is 1.45. The van der Waals surface area contributed by atoms with Crippen molar-refractivity contribution in [1.82, 2.24) is 20.5 Å². The number of carbonyl (C=O) groups is 3. The van der Waals surface area contributed by atoms with E-state index in [-0.39, 0.29) is 36.0 Å². The Morgan fingerprint density at radius 2 is 2.19 bits per heavy atom. The number of fused-ring (bicyclic) bond motifs is 4. The predicted molar refractivity (Wildman–Crippen MR) is 112 cm³/mol. The second-order valence-corrected chi connectivity index (χ2v) is 8.42. The summed E-state index contributed by atoms with van der Waals surface area (Å²) in [5, 5.41) is 6.48. The van der Waals surface area contributed by atoms with Crippen LogP contribution in [0.1, 0.15) is 12.6 Å². The Morgan fingerprint density at radius 1 is 1.38 bits per heavy atom. The molecule has 1 aromatic heterocycles. The fourth-order valence-electron chi connectivity index (χ4n) is 5.37. The monoisotopic (exact) mass is 439 g/mol. The van der Waals surface area contributed by atoms with Gasteiger partial charge in [0.25, 0.3) is 0 Å². The number of allylic oxidation sites excluding steroid dienone is 2. The van der Waals surface area contributed by atoms with Crippen LogP contribution < -0.4 is 16.4 Å². The summed E-state index contributed by atoms with van der Waals surface area (Å²) in [5.41, 5.74) is 6.41. The number of nitrogens with two attached hydrogens (primary N) is 1. The molecule has 0 bridgehead atoms. The molecule has 1 aromatic rings. The molecule has 3 aliphatic heterocycles. The summed E-state index contributed by atoms with van der Waals surface area (Å²) < 4.78 is 11.1. The molecule has 4 N–H and O–H groups in total. The number of hydrogen-bond acceptors (Lipinski definition) is 9. The summed E-state index contributed by atoms with van der Waals surface area (Å²) >= 11 is 0. The zero-order valence-electron chi connectivity index (χ0n) is 17.9. The normalized spacial score (nSPS) is 30.3. The van der Waals surface area contributed by atoms with Crippen molar-refractivity contribution in [1.29, 1.82) is 0 Å². The Hall–Kier alpha value is -3.24. The van der Waals surface area contributed by atoms with E-state index in [9.17, 15) is 14.4 Å². The van der Waals surface area contributed by atoms with E-state index in [0.29, 0.717) is 36.4 Å². The lowest BCUT2D eigenvalue weighted by molar-refractivity contribution is -0.137. The largest absolute Gasteiger partial charge is 0.449 e. The van der Waals surface area contributed by atoms with Crippen LogP contribution in [0.3, 0.4) is 0 Å². The molecule has 10 heteroatoms. The second-order valence-electron chi connectivity index (χ2n) is 8.42. The van der Waals surface area contributed by atoms with Crippen LogP contribution in [0.25, 0.3) is 0 Å². The number of piperazine rings is 1. The van der Waals surface area contributed by atoms with Crippen LogP contribution in [-0.4, -0.2) is 72.2 Å². The molecule has 2 fully saturated rings. The van der Waals surface area contributed by atoms with Gasteiger partial charge in [-0.2, -0.15) is 0 Å². The molecule has 1 aliphatic carbocycles. The molecule has 5 rings (SSSR count). The highest BCUT2D eigenvalue weighted by Gasteiger charge is 2.72. The van der Waals surface area contributed by atoms with Gasteiger partial charge >= 0.3 is 6.09 Å². The summed E-state index contributed by atoms with van der Waals surface area (Å²) in [5.74, 6) is -1.14. The maximum Gasteiger partial charge on any atom is 0.404 e.